The molecule has 3 aromatic rings. The van der Waals surface area contributed by atoms with Crippen molar-refractivity contribution in [2.75, 3.05) is 6.54 Å². The number of amides is 2. The predicted octanol–water partition coefficient (Wildman–Crippen LogP) is 3.75. The first-order chi connectivity index (χ1) is 18.3. The number of benzene rings is 1. The van der Waals surface area contributed by atoms with Gasteiger partial charge < -0.3 is 20.7 Å². The molecule has 0 radical (unpaired) electrons. The number of aromatic nitrogens is 2. The Labute approximate surface area is 221 Å². The molecular formula is C29H34N4O5. The Bertz CT molecular complexity index is 1350. The van der Waals surface area contributed by atoms with E-state index in [1.165, 1.54) is 31.0 Å². The molecule has 0 spiro atoms. The van der Waals surface area contributed by atoms with E-state index in [1.54, 1.807) is 24.3 Å². The van der Waals surface area contributed by atoms with Gasteiger partial charge in [-0.25, -0.2) is 4.79 Å². The van der Waals surface area contributed by atoms with Crippen LogP contribution in [0, 0.1) is 0 Å². The van der Waals surface area contributed by atoms with Gasteiger partial charge in [0, 0.05) is 35.3 Å². The van der Waals surface area contributed by atoms with E-state index in [1.807, 2.05) is 0 Å². The molecule has 4 rings (SSSR count). The van der Waals surface area contributed by atoms with Gasteiger partial charge in [0.25, 0.3) is 5.91 Å². The van der Waals surface area contributed by atoms with Gasteiger partial charge >= 0.3 is 5.97 Å². The number of Topliss-reactive ketones (excluding diaryl/α,β-unsaturated/α-hetero) is 1. The minimum atomic E-state index is -1.22. The van der Waals surface area contributed by atoms with E-state index in [4.69, 9.17) is 4.98 Å². The number of fused-ring (bicyclic) bond motifs is 2. The normalized spacial score (nSPS) is 13.5. The Balaban J connectivity index is 1.22. The molecule has 38 heavy (non-hydrogen) atoms. The quantitative estimate of drug-likeness (QED) is 0.213. The number of unbranched alkanes of at least 4 members (excludes halogenated alkanes) is 1. The molecule has 1 aliphatic carbocycles. The third-order valence-electron chi connectivity index (χ3n) is 6.97. The minimum Gasteiger partial charge on any atom is -0.480 e. The van der Waals surface area contributed by atoms with Crippen molar-refractivity contribution in [1.82, 2.24) is 20.6 Å². The number of aryl methyl sites for hydroxylation is 3. The Morgan fingerprint density at radius 2 is 1.84 bits per heavy atom. The number of hydrogen-bond donors (Lipinski definition) is 4. The average molecular weight is 519 g/mol. The molecular weight excluding hydrogens is 484 g/mol. The van der Waals surface area contributed by atoms with Crippen molar-refractivity contribution in [2.24, 2.45) is 0 Å². The predicted molar refractivity (Wildman–Crippen MR) is 143 cm³/mol. The van der Waals surface area contributed by atoms with Crippen molar-refractivity contribution in [1.29, 1.82) is 0 Å². The van der Waals surface area contributed by atoms with Gasteiger partial charge in [-0.2, -0.15) is 0 Å². The molecule has 9 nitrogen and oxygen atoms in total. The number of carbonyl (C=O) groups is 4. The minimum absolute atomic E-state index is 0.0154. The highest BCUT2D eigenvalue weighted by molar-refractivity contribution is 6.15. The molecule has 1 atom stereocenters. The molecule has 0 saturated heterocycles. The van der Waals surface area contributed by atoms with Crippen molar-refractivity contribution in [3.05, 3.63) is 64.6 Å². The van der Waals surface area contributed by atoms with Gasteiger partial charge in [0.15, 0.2) is 5.78 Å². The standard InChI is InChI=1S/C29H34N4O5/c1-18(34)26-21-10-4-6-12-23(21)32-27(26)28(36)33-24(29(37)38)16-17-30-25(35)13-7-3-9-20-15-14-19-8-2-5-11-22(19)31-20/h4,6,10,12,14-15,24,32H,2-3,5,7-9,11,13,16-17H2,1H3,(H,30,35)(H,33,36)(H,37,38). The number of rotatable bonds is 12. The molecule has 1 aliphatic rings. The SMILES string of the molecule is CC(=O)c1c(C(=O)NC(CCNC(=O)CCCCc2ccc3c(n2)CCCC3)C(=O)O)[nH]c2ccccc12. The largest absolute Gasteiger partial charge is 0.480 e. The molecule has 0 fully saturated rings. The highest BCUT2D eigenvalue weighted by Crippen LogP contribution is 2.23. The number of nitrogens with zero attached hydrogens (tertiary/aromatic N) is 1. The number of ketones is 1. The zero-order chi connectivity index (χ0) is 27.1. The van der Waals surface area contributed by atoms with E-state index in [9.17, 15) is 24.3 Å². The fourth-order valence-electron chi connectivity index (χ4n) is 4.97. The zero-order valence-corrected chi connectivity index (χ0v) is 21.6. The molecule has 0 bridgehead atoms. The summed E-state index contributed by atoms with van der Waals surface area (Å²) in [6.07, 6.45) is 7.30. The molecule has 2 heterocycles. The molecule has 0 aliphatic heterocycles. The van der Waals surface area contributed by atoms with E-state index < -0.39 is 17.9 Å². The highest BCUT2D eigenvalue weighted by atomic mass is 16.4. The van der Waals surface area contributed by atoms with Crippen molar-refractivity contribution >= 4 is 34.5 Å². The summed E-state index contributed by atoms with van der Waals surface area (Å²) in [5.74, 6) is -2.35. The van der Waals surface area contributed by atoms with E-state index in [2.05, 4.69) is 27.8 Å². The van der Waals surface area contributed by atoms with Crippen LogP contribution < -0.4 is 10.6 Å². The Hall–Kier alpha value is -4.01. The lowest BCUT2D eigenvalue weighted by molar-refractivity contribution is -0.139. The Kier molecular flexibility index (Phi) is 8.89. The summed E-state index contributed by atoms with van der Waals surface area (Å²) in [5.41, 5.74) is 4.51. The van der Waals surface area contributed by atoms with Gasteiger partial charge in [-0.15, -0.1) is 0 Å². The molecule has 9 heteroatoms. The first-order valence-electron chi connectivity index (χ1n) is 13.2. The Morgan fingerprint density at radius 3 is 2.63 bits per heavy atom. The third kappa shape index (κ3) is 6.65. The number of aromatic amines is 1. The number of para-hydroxylation sites is 1. The topological polar surface area (TPSA) is 141 Å². The summed E-state index contributed by atoms with van der Waals surface area (Å²) in [6.45, 7) is 1.47. The van der Waals surface area contributed by atoms with Crippen LogP contribution in [0.2, 0.25) is 0 Å². The van der Waals surface area contributed by atoms with Crippen LogP contribution in [0.4, 0.5) is 0 Å². The summed E-state index contributed by atoms with van der Waals surface area (Å²) in [4.78, 5) is 56.8. The van der Waals surface area contributed by atoms with Gasteiger partial charge in [0.1, 0.15) is 11.7 Å². The lowest BCUT2D eigenvalue weighted by Crippen LogP contribution is -2.43. The number of carboxylic acids is 1. The summed E-state index contributed by atoms with van der Waals surface area (Å²) in [7, 11) is 0. The van der Waals surface area contributed by atoms with Crippen molar-refractivity contribution < 1.29 is 24.3 Å². The smallest absolute Gasteiger partial charge is 0.326 e. The van der Waals surface area contributed by atoms with Crippen molar-refractivity contribution in [2.45, 2.75) is 70.8 Å². The number of carboxylic acid groups (broad SMARTS) is 1. The molecule has 2 amide bonds. The number of H-pyrrole nitrogens is 1. The molecule has 1 aromatic carbocycles. The molecule has 4 N–H and O–H groups in total. The lowest BCUT2D eigenvalue weighted by atomic mass is 9.95. The second kappa shape index (κ2) is 12.5. The molecule has 0 saturated carbocycles. The second-order valence-electron chi connectivity index (χ2n) is 9.80. The van der Waals surface area contributed by atoms with Crippen LogP contribution in [0.15, 0.2) is 36.4 Å². The number of pyridine rings is 1. The molecule has 200 valence electrons. The first kappa shape index (κ1) is 27.0. The van der Waals surface area contributed by atoms with Crippen LogP contribution in [0.25, 0.3) is 10.9 Å². The zero-order valence-electron chi connectivity index (χ0n) is 21.6. The van der Waals surface area contributed by atoms with Crippen LogP contribution in [0.5, 0.6) is 0 Å². The molecule has 2 aromatic heterocycles. The van der Waals surface area contributed by atoms with E-state index in [0.717, 1.165) is 31.4 Å². The monoisotopic (exact) mass is 518 g/mol. The van der Waals surface area contributed by atoms with E-state index in [0.29, 0.717) is 23.7 Å². The Morgan fingerprint density at radius 1 is 1.05 bits per heavy atom. The second-order valence-corrected chi connectivity index (χ2v) is 9.80. The van der Waals surface area contributed by atoms with Crippen LogP contribution in [0.1, 0.15) is 83.2 Å². The van der Waals surface area contributed by atoms with Gasteiger partial charge in [-0.1, -0.05) is 24.3 Å². The van der Waals surface area contributed by atoms with Crippen molar-refractivity contribution in [3.63, 3.8) is 0 Å². The third-order valence-corrected chi connectivity index (χ3v) is 6.97. The fraction of sp³-hybridized carbons (Fsp3) is 0.414. The number of aliphatic carboxylic acids is 1. The highest BCUT2D eigenvalue weighted by Gasteiger charge is 2.25. The number of hydrogen-bond acceptors (Lipinski definition) is 5. The number of carbonyl (C=O) groups excluding carboxylic acids is 3. The van der Waals surface area contributed by atoms with Crippen LogP contribution >= 0.6 is 0 Å². The van der Waals surface area contributed by atoms with Crippen LogP contribution in [-0.4, -0.2) is 51.2 Å². The molecule has 1 unspecified atom stereocenters. The van der Waals surface area contributed by atoms with Crippen LogP contribution in [0.3, 0.4) is 0 Å². The summed E-state index contributed by atoms with van der Waals surface area (Å²) >= 11 is 0. The lowest BCUT2D eigenvalue weighted by Gasteiger charge is -2.15. The van der Waals surface area contributed by atoms with Crippen molar-refractivity contribution in [3.8, 4) is 0 Å². The summed E-state index contributed by atoms with van der Waals surface area (Å²) in [5, 5.41) is 15.4. The first-order valence-corrected chi connectivity index (χ1v) is 13.2. The summed E-state index contributed by atoms with van der Waals surface area (Å²) in [6, 6.07) is 10.1. The van der Waals surface area contributed by atoms with Gasteiger partial charge in [0.2, 0.25) is 5.91 Å². The summed E-state index contributed by atoms with van der Waals surface area (Å²) < 4.78 is 0. The van der Waals surface area contributed by atoms with Gasteiger partial charge in [-0.3, -0.25) is 19.4 Å². The van der Waals surface area contributed by atoms with E-state index >= 15 is 0 Å². The number of nitrogens with one attached hydrogen (secondary N) is 3. The van der Waals surface area contributed by atoms with Crippen LogP contribution in [-0.2, 0) is 28.9 Å². The average Bonchev–Trinajstić information content (AvgIpc) is 3.30. The maximum absolute atomic E-state index is 12.9. The van der Waals surface area contributed by atoms with Gasteiger partial charge in [0.05, 0.1) is 5.56 Å². The maximum atomic E-state index is 12.9. The fourth-order valence-corrected chi connectivity index (χ4v) is 4.97. The van der Waals surface area contributed by atoms with Gasteiger partial charge in [-0.05, 0) is 76.0 Å². The van der Waals surface area contributed by atoms with E-state index in [-0.39, 0.29) is 35.9 Å². The maximum Gasteiger partial charge on any atom is 0.326 e.